The van der Waals surface area contributed by atoms with E-state index in [0.29, 0.717) is 19.4 Å². The van der Waals surface area contributed by atoms with Crippen LogP contribution in [0, 0.1) is 22.7 Å². The van der Waals surface area contributed by atoms with Crippen LogP contribution >= 0.6 is 0 Å². The molecule has 0 bridgehead atoms. The molecule has 2 heterocycles. The van der Waals surface area contributed by atoms with Gasteiger partial charge in [-0.05, 0) is 86.2 Å². The molecule has 6 rings (SSSR count). The Hall–Kier alpha value is -1.94. The van der Waals surface area contributed by atoms with Gasteiger partial charge in [0, 0.05) is 57.2 Å². The lowest BCUT2D eigenvalue weighted by molar-refractivity contribution is -0.253. The van der Waals surface area contributed by atoms with Crippen molar-refractivity contribution >= 4 is 6.09 Å². The highest BCUT2D eigenvalue weighted by Crippen LogP contribution is 2.71. The molecular weight excluding hydrogens is 510 g/mol. The van der Waals surface area contributed by atoms with Gasteiger partial charge in [0.05, 0.1) is 17.5 Å². The molecule has 1 aliphatic heterocycles. The Morgan fingerprint density at radius 2 is 1.80 bits per heavy atom. The van der Waals surface area contributed by atoms with Crippen LogP contribution in [0.2, 0.25) is 0 Å². The highest BCUT2D eigenvalue weighted by molar-refractivity contribution is 5.67. The normalized spacial score (nSPS) is 43.3. The van der Waals surface area contributed by atoms with Crippen molar-refractivity contribution in [3.63, 3.8) is 0 Å². The molecule has 0 unspecified atom stereocenters. The van der Waals surface area contributed by atoms with Crippen LogP contribution in [-0.4, -0.2) is 77.8 Å². The van der Waals surface area contributed by atoms with E-state index in [0.717, 1.165) is 83.2 Å². The summed E-state index contributed by atoms with van der Waals surface area (Å²) >= 11 is 0. The van der Waals surface area contributed by atoms with E-state index in [1.165, 1.54) is 6.07 Å². The fraction of sp³-hybridized carbons (Fsp3) is 0.806. The van der Waals surface area contributed by atoms with Gasteiger partial charge in [-0.15, -0.1) is 0 Å². The third-order valence-corrected chi connectivity index (χ3v) is 12.3. The second kappa shape index (κ2) is 10.4. The lowest BCUT2D eigenvalue weighted by Gasteiger charge is -2.66. The lowest BCUT2D eigenvalue weighted by Crippen LogP contribution is -2.67. The van der Waals surface area contributed by atoms with E-state index in [1.807, 2.05) is 6.07 Å². The molecule has 4 aliphatic carbocycles. The highest BCUT2D eigenvalue weighted by Gasteiger charge is 2.70. The van der Waals surface area contributed by atoms with Crippen LogP contribution in [0.4, 0.5) is 4.79 Å². The van der Waals surface area contributed by atoms with Gasteiger partial charge in [-0.3, -0.25) is 4.90 Å². The van der Waals surface area contributed by atoms with E-state index in [9.17, 15) is 19.8 Å². The zero-order chi connectivity index (χ0) is 28.2. The number of nitrogens with zero attached hydrogens (tertiary/aromatic N) is 1. The average molecular weight is 558 g/mol. The number of amides is 1. The van der Waals surface area contributed by atoms with Crippen molar-refractivity contribution in [3.05, 3.63) is 34.4 Å². The summed E-state index contributed by atoms with van der Waals surface area (Å²) in [6, 6.07) is 3.35. The van der Waals surface area contributed by atoms with Gasteiger partial charge in [-0.1, -0.05) is 13.8 Å². The second-order valence-electron chi connectivity index (χ2n) is 13.8. The molecule has 0 aromatic carbocycles. The maximum absolute atomic E-state index is 12.6. The zero-order valence-corrected chi connectivity index (χ0v) is 24.1. The topological polar surface area (TPSA) is 124 Å². The summed E-state index contributed by atoms with van der Waals surface area (Å²) in [6.07, 6.45) is 7.65. The molecule has 1 saturated heterocycles. The first-order valence-electron chi connectivity index (χ1n) is 15.5. The zero-order valence-electron chi connectivity index (χ0n) is 24.1. The maximum atomic E-state index is 12.6. The van der Waals surface area contributed by atoms with E-state index in [4.69, 9.17) is 9.15 Å². The first kappa shape index (κ1) is 28.2. The van der Waals surface area contributed by atoms with Crippen molar-refractivity contribution in [2.24, 2.45) is 22.7 Å². The van der Waals surface area contributed by atoms with E-state index in [2.05, 4.69) is 29.4 Å². The van der Waals surface area contributed by atoms with Crippen LogP contribution in [0.5, 0.6) is 0 Å². The van der Waals surface area contributed by atoms with Gasteiger partial charge in [-0.25, -0.2) is 9.59 Å². The minimum Gasteiger partial charge on any atom is -0.446 e. The van der Waals surface area contributed by atoms with Crippen molar-refractivity contribution in [3.8, 4) is 0 Å². The van der Waals surface area contributed by atoms with Crippen molar-refractivity contribution < 1.29 is 24.2 Å². The maximum Gasteiger partial charge on any atom is 0.407 e. The number of carbonyl (C=O) groups is 1. The third-order valence-electron chi connectivity index (χ3n) is 12.3. The summed E-state index contributed by atoms with van der Waals surface area (Å²) in [6.45, 7) is 9.76. The van der Waals surface area contributed by atoms with E-state index in [1.54, 1.807) is 6.26 Å². The van der Waals surface area contributed by atoms with Gasteiger partial charge in [0.25, 0.3) is 0 Å². The number of piperazine rings is 1. The molecule has 5 fully saturated rings. The average Bonchev–Trinajstić information content (AvgIpc) is 3.21. The van der Waals surface area contributed by atoms with Crippen LogP contribution in [0.25, 0.3) is 0 Å². The van der Waals surface area contributed by atoms with Crippen LogP contribution < -0.4 is 16.3 Å². The Morgan fingerprint density at radius 3 is 2.55 bits per heavy atom. The fourth-order valence-corrected chi connectivity index (χ4v) is 9.83. The molecule has 222 valence electrons. The van der Waals surface area contributed by atoms with Gasteiger partial charge >= 0.3 is 11.7 Å². The monoisotopic (exact) mass is 557 g/mol. The number of alkyl carbamates (subject to hydrolysis) is 1. The lowest BCUT2D eigenvalue weighted by atomic mass is 9.42. The number of hydrogen-bond acceptors (Lipinski definition) is 8. The summed E-state index contributed by atoms with van der Waals surface area (Å²) in [5.74, 6) is 0.472. The summed E-state index contributed by atoms with van der Waals surface area (Å²) < 4.78 is 11.0. The van der Waals surface area contributed by atoms with Crippen molar-refractivity contribution in [2.45, 2.75) is 94.9 Å². The van der Waals surface area contributed by atoms with Gasteiger partial charge in [0.2, 0.25) is 0 Å². The Bertz CT molecular complexity index is 1130. The summed E-state index contributed by atoms with van der Waals surface area (Å²) in [7, 11) is 0. The minimum atomic E-state index is -0.914. The van der Waals surface area contributed by atoms with E-state index in [-0.39, 0.29) is 40.3 Å². The Labute approximate surface area is 237 Å². The first-order chi connectivity index (χ1) is 19.1. The third kappa shape index (κ3) is 4.52. The predicted octanol–water partition coefficient (Wildman–Crippen LogP) is 3.00. The van der Waals surface area contributed by atoms with Crippen LogP contribution in [0.15, 0.2) is 27.6 Å². The number of ether oxygens (including phenoxy) is 1. The molecule has 1 aromatic rings. The van der Waals surface area contributed by atoms with E-state index >= 15 is 0 Å². The molecule has 5 aliphatic rings. The molecule has 0 spiro atoms. The number of rotatable bonds is 5. The summed E-state index contributed by atoms with van der Waals surface area (Å²) in [5.41, 5.74) is -1.72. The van der Waals surface area contributed by atoms with Gasteiger partial charge in [0.15, 0.2) is 0 Å². The van der Waals surface area contributed by atoms with Crippen LogP contribution in [0.3, 0.4) is 0 Å². The van der Waals surface area contributed by atoms with Crippen molar-refractivity contribution in [2.75, 3.05) is 39.3 Å². The van der Waals surface area contributed by atoms with Crippen molar-refractivity contribution in [1.82, 2.24) is 15.5 Å². The van der Waals surface area contributed by atoms with Crippen LogP contribution in [-0.2, 0) is 4.74 Å². The highest BCUT2D eigenvalue weighted by atomic mass is 16.6. The number of nitrogens with one attached hydrogen (secondary N) is 2. The second-order valence-corrected chi connectivity index (χ2v) is 13.8. The number of aliphatic hydroxyl groups is 2. The molecule has 1 amide bonds. The summed E-state index contributed by atoms with van der Waals surface area (Å²) in [5, 5.41) is 30.8. The number of carbonyl (C=O) groups excluding carboxylic acids is 1. The van der Waals surface area contributed by atoms with Gasteiger partial charge in [0.1, 0.15) is 6.10 Å². The summed E-state index contributed by atoms with van der Waals surface area (Å²) in [4.78, 5) is 26.5. The predicted molar refractivity (Wildman–Crippen MR) is 150 cm³/mol. The molecule has 9 nitrogen and oxygen atoms in total. The SMILES string of the molecule is C[C@]12CC[C@H](OC(=O)NCCN3CCNCC3)C[C@@]1(O)CC[C@@H]1[C@@H]2CC[C@]2(C)[C@@H](c3ccc(=O)oc3)CC[C@]12O. The number of fused-ring (bicyclic) bond motifs is 5. The number of hydrogen-bond donors (Lipinski definition) is 4. The molecule has 9 heteroatoms. The minimum absolute atomic E-state index is 0.114. The molecule has 8 atom stereocenters. The Kier molecular flexibility index (Phi) is 7.33. The molecule has 4 N–H and O–H groups in total. The standard InChI is InChI=1S/C31H47N3O6/c1-28-9-5-22(40-27(36)33-15-18-34-16-13-32-14-17-34)19-30(28,37)11-7-25-24(28)6-10-29(2)23(8-12-31(25,29)38)21-3-4-26(35)39-20-21/h3-4,20,22-25,32,37-38H,5-19H2,1-2H3,(H,33,36)/t22-,23+,24-,25+,28+,29+,30-,31-/m0/s1. The van der Waals surface area contributed by atoms with E-state index < -0.39 is 17.3 Å². The largest absolute Gasteiger partial charge is 0.446 e. The molecule has 4 saturated carbocycles. The molecular formula is C31H47N3O6. The van der Waals surface area contributed by atoms with Gasteiger partial charge < -0.3 is 30.0 Å². The fourth-order valence-electron chi connectivity index (χ4n) is 9.83. The Morgan fingerprint density at radius 1 is 1.05 bits per heavy atom. The van der Waals surface area contributed by atoms with Crippen molar-refractivity contribution in [1.29, 1.82) is 0 Å². The smallest absolute Gasteiger partial charge is 0.407 e. The quantitative estimate of drug-likeness (QED) is 0.436. The first-order valence-corrected chi connectivity index (χ1v) is 15.5. The molecule has 0 radical (unpaired) electrons. The Balaban J connectivity index is 1.11. The van der Waals surface area contributed by atoms with Crippen LogP contribution in [0.1, 0.15) is 83.1 Å². The molecule has 1 aromatic heterocycles. The van der Waals surface area contributed by atoms with Gasteiger partial charge in [-0.2, -0.15) is 0 Å². The molecule has 40 heavy (non-hydrogen) atoms.